The van der Waals surface area contributed by atoms with Crippen LogP contribution in [0.25, 0.3) is 16.7 Å². The number of ether oxygens (including phenoxy) is 1. The van der Waals surface area contributed by atoms with Crippen molar-refractivity contribution in [3.8, 4) is 11.4 Å². The molecule has 0 radical (unpaired) electrons. The highest BCUT2D eigenvalue weighted by molar-refractivity contribution is 6.33. The Morgan fingerprint density at radius 1 is 1.28 bits per heavy atom. The molecule has 0 saturated carbocycles. The van der Waals surface area contributed by atoms with Gasteiger partial charge in [-0.2, -0.15) is 5.10 Å². The summed E-state index contributed by atoms with van der Waals surface area (Å²) in [6.07, 6.45) is 3.07. The minimum absolute atomic E-state index is 0.397. The molecule has 18 heavy (non-hydrogen) atoms. The van der Waals surface area contributed by atoms with Gasteiger partial charge >= 0.3 is 0 Å². The summed E-state index contributed by atoms with van der Waals surface area (Å²) in [5.41, 5.74) is 1.53. The molecule has 0 unspecified atom stereocenters. The largest absolute Gasteiger partial charge is 0.497 e. The highest BCUT2D eigenvalue weighted by atomic mass is 35.5. The zero-order valence-electron chi connectivity index (χ0n) is 9.54. The fourth-order valence-electron chi connectivity index (χ4n) is 1.75. The monoisotopic (exact) mass is 260 g/mol. The van der Waals surface area contributed by atoms with Crippen LogP contribution in [0.2, 0.25) is 5.15 Å². The van der Waals surface area contributed by atoms with E-state index in [2.05, 4.69) is 15.1 Å². The molecule has 0 aliphatic heterocycles. The van der Waals surface area contributed by atoms with E-state index in [9.17, 15) is 0 Å². The predicted molar refractivity (Wildman–Crippen MR) is 68.2 cm³/mol. The third kappa shape index (κ3) is 1.69. The maximum atomic E-state index is 5.99. The second-order valence-electron chi connectivity index (χ2n) is 3.66. The van der Waals surface area contributed by atoms with E-state index in [0.29, 0.717) is 10.8 Å². The fraction of sp³-hybridized carbons (Fsp3) is 0.0833. The molecule has 3 rings (SSSR count). The van der Waals surface area contributed by atoms with Crippen LogP contribution in [0.5, 0.6) is 5.75 Å². The summed E-state index contributed by atoms with van der Waals surface area (Å²) < 4.78 is 6.89. The van der Waals surface area contributed by atoms with Crippen molar-refractivity contribution in [1.82, 2.24) is 19.7 Å². The van der Waals surface area contributed by atoms with Crippen molar-refractivity contribution in [2.45, 2.75) is 0 Å². The molecular weight excluding hydrogens is 252 g/mol. The van der Waals surface area contributed by atoms with Gasteiger partial charge in [0, 0.05) is 6.07 Å². The van der Waals surface area contributed by atoms with Crippen molar-refractivity contribution < 1.29 is 4.74 Å². The van der Waals surface area contributed by atoms with E-state index in [-0.39, 0.29) is 0 Å². The van der Waals surface area contributed by atoms with Crippen LogP contribution in [0, 0.1) is 0 Å². The molecule has 5 nitrogen and oxygen atoms in total. The molecule has 0 bridgehead atoms. The third-order valence-electron chi connectivity index (χ3n) is 2.62. The van der Waals surface area contributed by atoms with Gasteiger partial charge < -0.3 is 4.74 Å². The smallest absolute Gasteiger partial charge is 0.167 e. The average Bonchev–Trinajstić information content (AvgIpc) is 2.84. The van der Waals surface area contributed by atoms with Crippen LogP contribution < -0.4 is 4.74 Å². The van der Waals surface area contributed by atoms with Gasteiger partial charge in [-0.3, -0.25) is 0 Å². The van der Waals surface area contributed by atoms with Gasteiger partial charge in [-0.15, -0.1) is 0 Å². The maximum Gasteiger partial charge on any atom is 0.167 e. The molecule has 1 aromatic carbocycles. The van der Waals surface area contributed by atoms with Crippen LogP contribution >= 0.6 is 11.6 Å². The zero-order chi connectivity index (χ0) is 12.5. The molecule has 0 spiro atoms. The summed E-state index contributed by atoms with van der Waals surface area (Å²) in [7, 11) is 1.62. The van der Waals surface area contributed by atoms with Crippen LogP contribution in [0.4, 0.5) is 0 Å². The topological polar surface area (TPSA) is 52.8 Å². The first-order valence-electron chi connectivity index (χ1n) is 5.28. The Hall–Kier alpha value is -2.14. The molecule has 90 valence electrons. The quantitative estimate of drug-likeness (QED) is 0.664. The summed E-state index contributed by atoms with van der Waals surface area (Å²) in [5, 5.41) is 5.40. The van der Waals surface area contributed by atoms with Crippen molar-refractivity contribution in [2.75, 3.05) is 7.11 Å². The molecular formula is C12H9ClN4O. The second kappa shape index (κ2) is 4.27. The van der Waals surface area contributed by atoms with Gasteiger partial charge in [0.25, 0.3) is 0 Å². The Labute approximate surface area is 108 Å². The standard InChI is InChI=1S/C12H9ClN4O/c1-18-9-4-2-3-8(5-9)17-12-10(6-16-17)11(13)14-7-15-12/h2-7H,1H3. The Bertz CT molecular complexity index is 710. The number of hydrogen-bond donors (Lipinski definition) is 0. The van der Waals surface area contributed by atoms with Crippen molar-refractivity contribution in [3.63, 3.8) is 0 Å². The van der Waals surface area contributed by atoms with E-state index in [1.807, 2.05) is 24.3 Å². The van der Waals surface area contributed by atoms with Crippen LogP contribution in [-0.2, 0) is 0 Å². The minimum atomic E-state index is 0.397. The number of fused-ring (bicyclic) bond motifs is 1. The third-order valence-corrected chi connectivity index (χ3v) is 2.92. The van der Waals surface area contributed by atoms with Crippen molar-refractivity contribution in [3.05, 3.63) is 41.9 Å². The molecule has 0 aliphatic rings. The number of nitrogens with zero attached hydrogens (tertiary/aromatic N) is 4. The lowest BCUT2D eigenvalue weighted by Gasteiger charge is -2.05. The van der Waals surface area contributed by atoms with Gasteiger partial charge in [-0.1, -0.05) is 17.7 Å². The summed E-state index contributed by atoms with van der Waals surface area (Å²) in [6.45, 7) is 0. The number of rotatable bonds is 2. The SMILES string of the molecule is COc1cccc(-n2ncc3c(Cl)ncnc32)c1. The first-order valence-corrected chi connectivity index (χ1v) is 5.66. The number of benzene rings is 1. The van der Waals surface area contributed by atoms with Crippen LogP contribution in [0.15, 0.2) is 36.8 Å². The highest BCUT2D eigenvalue weighted by Crippen LogP contribution is 2.23. The Morgan fingerprint density at radius 3 is 3.00 bits per heavy atom. The lowest BCUT2D eigenvalue weighted by molar-refractivity contribution is 0.414. The molecule has 0 amide bonds. The fourth-order valence-corrected chi connectivity index (χ4v) is 1.92. The first-order chi connectivity index (χ1) is 8.79. The van der Waals surface area contributed by atoms with Gasteiger partial charge in [-0.05, 0) is 12.1 Å². The van der Waals surface area contributed by atoms with Crippen LogP contribution in [0.1, 0.15) is 0 Å². The van der Waals surface area contributed by atoms with Crippen molar-refractivity contribution >= 4 is 22.6 Å². The number of hydrogen-bond acceptors (Lipinski definition) is 4. The molecule has 0 fully saturated rings. The molecule has 0 N–H and O–H groups in total. The van der Waals surface area contributed by atoms with Crippen molar-refractivity contribution in [2.24, 2.45) is 0 Å². The van der Waals surface area contributed by atoms with E-state index in [1.54, 1.807) is 18.0 Å². The lowest BCUT2D eigenvalue weighted by Crippen LogP contribution is -1.98. The van der Waals surface area contributed by atoms with E-state index in [4.69, 9.17) is 16.3 Å². The Kier molecular flexibility index (Phi) is 2.60. The summed E-state index contributed by atoms with van der Waals surface area (Å²) in [4.78, 5) is 8.12. The summed E-state index contributed by atoms with van der Waals surface area (Å²) >= 11 is 5.99. The summed E-state index contributed by atoms with van der Waals surface area (Å²) in [5.74, 6) is 0.760. The molecule has 6 heteroatoms. The summed E-state index contributed by atoms with van der Waals surface area (Å²) in [6, 6.07) is 7.56. The highest BCUT2D eigenvalue weighted by Gasteiger charge is 2.09. The number of aromatic nitrogens is 4. The normalized spacial score (nSPS) is 10.8. The molecule has 0 atom stereocenters. The van der Waals surface area contributed by atoms with Gasteiger partial charge in [-0.25, -0.2) is 14.6 Å². The lowest BCUT2D eigenvalue weighted by atomic mass is 10.3. The Balaban J connectivity index is 2.22. The molecule has 3 aromatic rings. The Morgan fingerprint density at radius 2 is 2.17 bits per heavy atom. The minimum Gasteiger partial charge on any atom is -0.497 e. The van der Waals surface area contributed by atoms with E-state index in [0.717, 1.165) is 16.8 Å². The van der Waals surface area contributed by atoms with E-state index < -0.39 is 0 Å². The second-order valence-corrected chi connectivity index (χ2v) is 4.02. The van der Waals surface area contributed by atoms with Gasteiger partial charge in [0.05, 0.1) is 24.4 Å². The predicted octanol–water partition coefficient (Wildman–Crippen LogP) is 2.48. The van der Waals surface area contributed by atoms with Gasteiger partial charge in [0.15, 0.2) is 5.65 Å². The van der Waals surface area contributed by atoms with Crippen LogP contribution in [0.3, 0.4) is 0 Å². The van der Waals surface area contributed by atoms with Gasteiger partial charge in [0.2, 0.25) is 0 Å². The van der Waals surface area contributed by atoms with Crippen LogP contribution in [-0.4, -0.2) is 26.9 Å². The number of methoxy groups -OCH3 is 1. The molecule has 0 saturated heterocycles. The van der Waals surface area contributed by atoms with E-state index in [1.165, 1.54) is 6.33 Å². The first kappa shape index (κ1) is 11.0. The zero-order valence-corrected chi connectivity index (χ0v) is 10.3. The maximum absolute atomic E-state index is 5.99. The molecule has 2 heterocycles. The number of halogens is 1. The molecule has 2 aromatic heterocycles. The van der Waals surface area contributed by atoms with E-state index >= 15 is 0 Å². The van der Waals surface area contributed by atoms with Crippen molar-refractivity contribution in [1.29, 1.82) is 0 Å². The average molecular weight is 261 g/mol. The van der Waals surface area contributed by atoms with Gasteiger partial charge in [0.1, 0.15) is 17.2 Å². The molecule has 0 aliphatic carbocycles.